The van der Waals surface area contributed by atoms with E-state index in [-0.39, 0.29) is 11.3 Å². The van der Waals surface area contributed by atoms with E-state index in [1.54, 1.807) is 26.8 Å². The summed E-state index contributed by atoms with van der Waals surface area (Å²) in [6.07, 6.45) is -2.86. The molecule has 1 aliphatic heterocycles. The highest BCUT2D eigenvalue weighted by Gasteiger charge is 2.31. The fraction of sp³-hybridized carbons (Fsp3) is 0.444. The van der Waals surface area contributed by atoms with Crippen molar-refractivity contribution in [2.24, 2.45) is 4.99 Å². The zero-order chi connectivity index (χ0) is 19.5. The summed E-state index contributed by atoms with van der Waals surface area (Å²) >= 11 is 0. The van der Waals surface area contributed by atoms with Crippen LogP contribution in [0.4, 0.5) is 18.9 Å². The molecule has 8 heteroatoms. The molecule has 26 heavy (non-hydrogen) atoms. The zero-order valence-electron chi connectivity index (χ0n) is 14.9. The summed E-state index contributed by atoms with van der Waals surface area (Å²) in [5.41, 5.74) is 2.04. The van der Waals surface area contributed by atoms with Crippen molar-refractivity contribution in [3.63, 3.8) is 0 Å². The van der Waals surface area contributed by atoms with E-state index in [1.807, 2.05) is 4.90 Å². The molecule has 0 saturated carbocycles. The van der Waals surface area contributed by atoms with Crippen molar-refractivity contribution in [1.82, 2.24) is 0 Å². The minimum Gasteiger partial charge on any atom is -0.478 e. The van der Waals surface area contributed by atoms with E-state index in [4.69, 9.17) is 0 Å². The molecule has 1 saturated heterocycles. The largest absolute Gasteiger partial charge is 0.573 e. The second kappa shape index (κ2) is 7.80. The molecule has 1 aromatic rings. The van der Waals surface area contributed by atoms with Gasteiger partial charge in [-0.15, -0.1) is 13.2 Å². The monoisotopic (exact) mass is 370 g/mol. The summed E-state index contributed by atoms with van der Waals surface area (Å²) in [6.45, 7) is 5.78. The number of rotatable bonds is 5. The number of carboxylic acids is 1. The Kier molecular flexibility index (Phi) is 5.94. The summed E-state index contributed by atoms with van der Waals surface area (Å²) in [5, 5.41) is 9.22. The number of aliphatic carboxylic acids is 1. The lowest BCUT2D eigenvalue weighted by atomic mass is 10.1. The number of allylic oxidation sites excluding steroid dienone is 1. The van der Waals surface area contributed by atoms with Crippen molar-refractivity contribution in [3.05, 3.63) is 35.0 Å². The lowest BCUT2D eigenvalue weighted by molar-refractivity contribution is -0.274. The Labute approximate surface area is 149 Å². The Morgan fingerprint density at radius 2 is 2.08 bits per heavy atom. The van der Waals surface area contributed by atoms with Gasteiger partial charge in [-0.2, -0.15) is 0 Å². The number of carbonyl (C=O) groups is 1. The van der Waals surface area contributed by atoms with Gasteiger partial charge in [0.2, 0.25) is 0 Å². The van der Waals surface area contributed by atoms with Gasteiger partial charge in [0.1, 0.15) is 11.6 Å². The fourth-order valence-corrected chi connectivity index (χ4v) is 2.99. The molecular weight excluding hydrogens is 349 g/mol. The Morgan fingerprint density at radius 3 is 2.62 bits per heavy atom. The van der Waals surface area contributed by atoms with Gasteiger partial charge in [-0.05, 0) is 50.5 Å². The van der Waals surface area contributed by atoms with Crippen molar-refractivity contribution in [2.45, 2.75) is 46.4 Å². The number of ether oxygens (including phenoxy) is 1. The second-order valence-electron chi connectivity index (χ2n) is 6.00. The molecule has 0 unspecified atom stereocenters. The Balaban J connectivity index is 2.33. The molecule has 1 N–H and O–H groups in total. The Morgan fingerprint density at radius 1 is 1.38 bits per heavy atom. The van der Waals surface area contributed by atoms with Crippen molar-refractivity contribution in [2.75, 3.05) is 11.4 Å². The average Bonchev–Trinajstić information content (AvgIpc) is 2.93. The molecule has 1 fully saturated rings. The number of alkyl halides is 3. The van der Waals surface area contributed by atoms with Crippen LogP contribution < -0.4 is 9.64 Å². The third-order valence-corrected chi connectivity index (χ3v) is 4.13. The molecule has 1 heterocycles. The zero-order valence-corrected chi connectivity index (χ0v) is 14.9. The van der Waals surface area contributed by atoms with Crippen LogP contribution in [-0.2, 0) is 4.79 Å². The Hall–Kier alpha value is -2.51. The summed E-state index contributed by atoms with van der Waals surface area (Å²) in [5.74, 6) is -0.558. The highest BCUT2D eigenvalue weighted by atomic mass is 19.4. The van der Waals surface area contributed by atoms with Crippen LogP contribution in [-0.4, -0.2) is 29.8 Å². The standard InChI is InChI=1S/C18H21F3N2O3/c1-4-14(17(24)25)12(3)22-16-6-5-9-23(16)15-8-7-13(10-11(15)2)26-18(19,20)21/h7-8,10H,4-6,9H2,1-3H3,(H,24,25). The number of nitrogens with zero attached hydrogens (tertiary/aromatic N) is 2. The molecule has 0 radical (unpaired) electrons. The van der Waals surface area contributed by atoms with Crippen molar-refractivity contribution < 1.29 is 27.8 Å². The molecule has 1 aromatic carbocycles. The normalized spacial score (nSPS) is 17.5. The summed E-state index contributed by atoms with van der Waals surface area (Å²) in [7, 11) is 0. The van der Waals surface area contributed by atoms with E-state index in [1.165, 1.54) is 12.1 Å². The predicted octanol–water partition coefficient (Wildman–Crippen LogP) is 4.66. The maximum absolute atomic E-state index is 12.3. The molecule has 2 rings (SSSR count). The van der Waals surface area contributed by atoms with Gasteiger partial charge in [-0.3, -0.25) is 0 Å². The van der Waals surface area contributed by atoms with Crippen LogP contribution in [0.1, 0.15) is 38.7 Å². The van der Waals surface area contributed by atoms with Crippen LogP contribution in [0, 0.1) is 6.92 Å². The SMILES string of the molecule is CCC(C(=O)O)=C(C)N=C1CCCN1c1ccc(OC(F)(F)F)cc1C. The van der Waals surface area contributed by atoms with Gasteiger partial charge in [0.15, 0.2) is 0 Å². The van der Waals surface area contributed by atoms with Crippen LogP contribution in [0.5, 0.6) is 5.75 Å². The molecule has 0 bridgehead atoms. The van der Waals surface area contributed by atoms with Gasteiger partial charge in [-0.1, -0.05) is 6.92 Å². The van der Waals surface area contributed by atoms with Gasteiger partial charge in [0.05, 0.1) is 5.57 Å². The summed E-state index contributed by atoms with van der Waals surface area (Å²) in [6, 6.07) is 4.16. The van der Waals surface area contributed by atoms with Crippen molar-refractivity contribution >= 4 is 17.5 Å². The van der Waals surface area contributed by atoms with Crippen molar-refractivity contribution in [1.29, 1.82) is 0 Å². The van der Waals surface area contributed by atoms with E-state index in [9.17, 15) is 23.1 Å². The quantitative estimate of drug-likeness (QED) is 0.766. The van der Waals surface area contributed by atoms with E-state index in [0.717, 1.165) is 12.1 Å². The van der Waals surface area contributed by atoms with Crippen LogP contribution in [0.15, 0.2) is 34.5 Å². The summed E-state index contributed by atoms with van der Waals surface area (Å²) < 4.78 is 41.0. The van der Waals surface area contributed by atoms with Crippen LogP contribution in [0.25, 0.3) is 0 Å². The number of carboxylic acid groups (broad SMARTS) is 1. The molecule has 0 atom stereocenters. The minimum absolute atomic E-state index is 0.245. The maximum Gasteiger partial charge on any atom is 0.573 e. The molecule has 0 aliphatic carbocycles. The molecule has 0 amide bonds. The number of hydrogen-bond donors (Lipinski definition) is 1. The first-order valence-corrected chi connectivity index (χ1v) is 8.27. The number of benzene rings is 1. The topological polar surface area (TPSA) is 62.1 Å². The predicted molar refractivity (Wildman–Crippen MR) is 92.5 cm³/mol. The fourth-order valence-electron chi connectivity index (χ4n) is 2.99. The third-order valence-electron chi connectivity index (χ3n) is 4.13. The molecule has 5 nitrogen and oxygen atoms in total. The number of anilines is 1. The molecule has 1 aliphatic rings. The molecule has 0 aromatic heterocycles. The van der Waals surface area contributed by atoms with E-state index >= 15 is 0 Å². The number of halogens is 3. The van der Waals surface area contributed by atoms with Gasteiger partial charge >= 0.3 is 12.3 Å². The number of amidine groups is 1. The highest BCUT2D eigenvalue weighted by Crippen LogP contribution is 2.31. The van der Waals surface area contributed by atoms with Crippen LogP contribution in [0.2, 0.25) is 0 Å². The van der Waals surface area contributed by atoms with Crippen molar-refractivity contribution in [3.8, 4) is 5.75 Å². The first-order valence-electron chi connectivity index (χ1n) is 8.27. The van der Waals surface area contributed by atoms with Gasteiger partial charge in [-0.25, -0.2) is 9.79 Å². The van der Waals surface area contributed by atoms with Gasteiger partial charge < -0.3 is 14.7 Å². The number of aryl methyl sites for hydroxylation is 1. The average molecular weight is 370 g/mol. The second-order valence-corrected chi connectivity index (χ2v) is 6.00. The van der Waals surface area contributed by atoms with E-state index < -0.39 is 12.3 Å². The lowest BCUT2D eigenvalue weighted by Gasteiger charge is -2.22. The Bertz CT molecular complexity index is 755. The van der Waals surface area contributed by atoms with E-state index in [2.05, 4.69) is 9.73 Å². The maximum atomic E-state index is 12.3. The van der Waals surface area contributed by atoms with E-state index in [0.29, 0.717) is 36.5 Å². The van der Waals surface area contributed by atoms with Crippen LogP contribution >= 0.6 is 0 Å². The number of aliphatic imine (C=N–C) groups is 1. The molecule has 142 valence electrons. The number of hydrogen-bond acceptors (Lipinski definition) is 3. The van der Waals surface area contributed by atoms with Crippen LogP contribution in [0.3, 0.4) is 0 Å². The first kappa shape index (κ1) is 19.8. The first-order chi connectivity index (χ1) is 12.1. The third kappa shape index (κ3) is 4.77. The smallest absolute Gasteiger partial charge is 0.478 e. The molecular formula is C18H21F3N2O3. The summed E-state index contributed by atoms with van der Waals surface area (Å²) in [4.78, 5) is 17.6. The van der Waals surface area contributed by atoms with Gasteiger partial charge in [0.25, 0.3) is 0 Å². The highest BCUT2D eigenvalue weighted by molar-refractivity contribution is 6.01. The minimum atomic E-state index is -4.73. The molecule has 0 spiro atoms. The lowest BCUT2D eigenvalue weighted by Crippen LogP contribution is -2.25. The van der Waals surface area contributed by atoms with Gasteiger partial charge in [0, 0.05) is 24.4 Å².